The number of methoxy groups -OCH3 is 2. The zero-order chi connectivity index (χ0) is 27.4. The molecule has 3 aromatic carbocycles. The second kappa shape index (κ2) is 11.5. The Hall–Kier alpha value is -4.47. The van der Waals surface area contributed by atoms with Gasteiger partial charge in [-0.3, -0.25) is 14.5 Å². The van der Waals surface area contributed by atoms with Gasteiger partial charge in [-0.1, -0.05) is 48.4 Å². The number of para-hydroxylation sites is 1. The summed E-state index contributed by atoms with van der Waals surface area (Å²) >= 11 is 0. The molecule has 0 radical (unpaired) electrons. The smallest absolute Gasteiger partial charge is 0.249 e. The zero-order valence-corrected chi connectivity index (χ0v) is 21.8. The third kappa shape index (κ3) is 5.41. The molecule has 202 valence electrons. The lowest BCUT2D eigenvalue weighted by atomic mass is 10.0. The van der Waals surface area contributed by atoms with Gasteiger partial charge in [0.1, 0.15) is 23.9 Å². The molecule has 0 spiro atoms. The van der Waals surface area contributed by atoms with Crippen molar-refractivity contribution in [1.82, 2.24) is 20.3 Å². The molecule has 1 fully saturated rings. The van der Waals surface area contributed by atoms with Gasteiger partial charge in [0.2, 0.25) is 11.8 Å². The second-order valence-corrected chi connectivity index (χ2v) is 9.45. The molecule has 1 atom stereocenters. The van der Waals surface area contributed by atoms with E-state index in [9.17, 15) is 9.59 Å². The zero-order valence-electron chi connectivity index (χ0n) is 21.8. The van der Waals surface area contributed by atoms with Crippen molar-refractivity contribution < 1.29 is 23.5 Å². The molecule has 1 aliphatic rings. The van der Waals surface area contributed by atoms with Crippen molar-refractivity contribution in [2.45, 2.75) is 44.3 Å². The van der Waals surface area contributed by atoms with Crippen LogP contribution in [0.5, 0.6) is 11.5 Å². The summed E-state index contributed by atoms with van der Waals surface area (Å²) in [6, 6.07) is 16.9. The molecule has 1 N–H and O–H groups in total. The van der Waals surface area contributed by atoms with Crippen molar-refractivity contribution in [1.29, 1.82) is 0 Å². The van der Waals surface area contributed by atoms with Crippen LogP contribution in [0.15, 0.2) is 66.7 Å². The number of ether oxygens (including phenoxy) is 2. The van der Waals surface area contributed by atoms with Gasteiger partial charge in [0.05, 0.1) is 19.7 Å². The van der Waals surface area contributed by atoms with E-state index in [1.54, 1.807) is 36.4 Å². The van der Waals surface area contributed by atoms with Crippen LogP contribution in [0.4, 0.5) is 10.1 Å². The van der Waals surface area contributed by atoms with Crippen LogP contribution in [-0.4, -0.2) is 47.1 Å². The standard InChI is InChI=1S/C29H30FN5O4/c1-38-25-16-15-20(17-26(25)39-2)35(27(36)18-34-24-14-8-7-13-23(24)32-33-34)28(21-11-5-6-12-22(21)30)29(37)31-19-9-3-4-10-19/h5-8,11-17,19,28H,3-4,9-10,18H2,1-2H3,(H,31,37)/t28-/m1/s1. The normalized spacial score (nSPS) is 14.2. The largest absolute Gasteiger partial charge is 0.493 e. The van der Waals surface area contributed by atoms with E-state index in [1.165, 1.54) is 35.9 Å². The van der Waals surface area contributed by atoms with E-state index in [2.05, 4.69) is 15.6 Å². The van der Waals surface area contributed by atoms with E-state index < -0.39 is 23.7 Å². The lowest BCUT2D eigenvalue weighted by molar-refractivity contribution is -0.127. The topological polar surface area (TPSA) is 98.6 Å². The Bertz CT molecular complexity index is 1480. The Morgan fingerprint density at radius 2 is 1.74 bits per heavy atom. The summed E-state index contributed by atoms with van der Waals surface area (Å²) in [5, 5.41) is 11.4. The van der Waals surface area contributed by atoms with Crippen LogP contribution in [0.1, 0.15) is 37.3 Å². The number of anilines is 1. The van der Waals surface area contributed by atoms with Crippen molar-refractivity contribution in [2.75, 3.05) is 19.1 Å². The van der Waals surface area contributed by atoms with E-state index in [1.807, 2.05) is 18.2 Å². The Labute approximate surface area is 225 Å². The first-order chi connectivity index (χ1) is 19.0. The number of rotatable bonds is 9. The van der Waals surface area contributed by atoms with Gasteiger partial charge in [-0.2, -0.15) is 0 Å². The van der Waals surface area contributed by atoms with Crippen LogP contribution >= 0.6 is 0 Å². The summed E-state index contributed by atoms with van der Waals surface area (Å²) in [6.07, 6.45) is 3.69. The Balaban J connectivity index is 1.62. The summed E-state index contributed by atoms with van der Waals surface area (Å²) in [5.41, 5.74) is 1.72. The van der Waals surface area contributed by atoms with Gasteiger partial charge >= 0.3 is 0 Å². The van der Waals surface area contributed by atoms with Crippen molar-refractivity contribution in [3.63, 3.8) is 0 Å². The summed E-state index contributed by atoms with van der Waals surface area (Å²) in [7, 11) is 2.99. The fourth-order valence-corrected chi connectivity index (χ4v) is 5.09. The average molecular weight is 532 g/mol. The van der Waals surface area contributed by atoms with Crippen molar-refractivity contribution in [2.24, 2.45) is 0 Å². The monoisotopic (exact) mass is 531 g/mol. The van der Waals surface area contributed by atoms with Gasteiger partial charge in [-0.05, 0) is 43.2 Å². The first-order valence-electron chi connectivity index (χ1n) is 12.9. The predicted octanol–water partition coefficient (Wildman–Crippen LogP) is 4.42. The van der Waals surface area contributed by atoms with Crippen LogP contribution in [0, 0.1) is 5.82 Å². The number of carbonyl (C=O) groups excluding carboxylic acids is 2. The fourth-order valence-electron chi connectivity index (χ4n) is 5.09. The number of benzene rings is 3. The molecule has 0 saturated heterocycles. The predicted molar refractivity (Wildman–Crippen MR) is 144 cm³/mol. The molecule has 4 aromatic rings. The number of nitrogens with one attached hydrogen (secondary N) is 1. The van der Waals surface area contributed by atoms with Gasteiger partial charge < -0.3 is 14.8 Å². The molecule has 1 aliphatic carbocycles. The minimum atomic E-state index is -1.29. The number of fused-ring (bicyclic) bond motifs is 1. The molecule has 10 heteroatoms. The first-order valence-corrected chi connectivity index (χ1v) is 12.9. The second-order valence-electron chi connectivity index (χ2n) is 9.45. The van der Waals surface area contributed by atoms with Gasteiger partial charge in [0.25, 0.3) is 0 Å². The van der Waals surface area contributed by atoms with E-state index in [4.69, 9.17) is 9.47 Å². The van der Waals surface area contributed by atoms with E-state index in [0.29, 0.717) is 28.2 Å². The SMILES string of the molecule is COc1ccc(N(C(=O)Cn2nnc3ccccc32)[C@@H](C(=O)NC2CCCC2)c2ccccc2F)cc1OC. The number of nitrogens with zero attached hydrogens (tertiary/aromatic N) is 4. The highest BCUT2D eigenvalue weighted by Gasteiger charge is 2.36. The number of amides is 2. The Morgan fingerprint density at radius 1 is 1.03 bits per heavy atom. The quantitative estimate of drug-likeness (QED) is 0.343. The first kappa shape index (κ1) is 26.1. The third-order valence-corrected chi connectivity index (χ3v) is 7.03. The lowest BCUT2D eigenvalue weighted by Gasteiger charge is -2.33. The number of hydrogen-bond donors (Lipinski definition) is 1. The highest BCUT2D eigenvalue weighted by atomic mass is 19.1. The molecule has 0 unspecified atom stereocenters. The molecular formula is C29H30FN5O4. The molecular weight excluding hydrogens is 501 g/mol. The molecule has 2 amide bonds. The van der Waals surface area contributed by atoms with Crippen LogP contribution in [-0.2, 0) is 16.1 Å². The van der Waals surface area contributed by atoms with Crippen LogP contribution in [0.2, 0.25) is 0 Å². The van der Waals surface area contributed by atoms with Crippen molar-refractivity contribution in [3.8, 4) is 11.5 Å². The molecule has 1 aromatic heterocycles. The summed E-state index contributed by atoms with van der Waals surface area (Å²) in [6.45, 7) is -0.226. The molecule has 1 heterocycles. The van der Waals surface area contributed by atoms with E-state index in [-0.39, 0.29) is 18.2 Å². The highest BCUT2D eigenvalue weighted by Crippen LogP contribution is 2.36. The van der Waals surface area contributed by atoms with Crippen LogP contribution in [0.25, 0.3) is 11.0 Å². The molecule has 5 rings (SSSR count). The molecule has 1 saturated carbocycles. The minimum absolute atomic E-state index is 0.0339. The maximum absolute atomic E-state index is 15.3. The number of halogens is 1. The number of hydrogen-bond acceptors (Lipinski definition) is 6. The minimum Gasteiger partial charge on any atom is -0.493 e. The van der Waals surface area contributed by atoms with E-state index in [0.717, 1.165) is 25.7 Å². The number of aromatic nitrogens is 3. The summed E-state index contributed by atoms with van der Waals surface area (Å²) in [4.78, 5) is 29.3. The van der Waals surface area contributed by atoms with Crippen LogP contribution < -0.4 is 19.7 Å². The van der Waals surface area contributed by atoms with Gasteiger partial charge in [-0.15, -0.1) is 5.10 Å². The lowest BCUT2D eigenvalue weighted by Crippen LogP contribution is -2.47. The molecule has 9 nitrogen and oxygen atoms in total. The Morgan fingerprint density at radius 3 is 2.49 bits per heavy atom. The molecule has 0 aliphatic heterocycles. The van der Waals surface area contributed by atoms with Gasteiger partial charge in [-0.25, -0.2) is 9.07 Å². The summed E-state index contributed by atoms with van der Waals surface area (Å²) in [5.74, 6) is -0.712. The number of carbonyl (C=O) groups is 2. The molecule has 39 heavy (non-hydrogen) atoms. The average Bonchev–Trinajstić information content (AvgIpc) is 3.62. The van der Waals surface area contributed by atoms with Crippen LogP contribution in [0.3, 0.4) is 0 Å². The highest BCUT2D eigenvalue weighted by molar-refractivity contribution is 6.02. The van der Waals surface area contributed by atoms with Gasteiger partial charge in [0, 0.05) is 23.4 Å². The van der Waals surface area contributed by atoms with E-state index >= 15 is 4.39 Å². The third-order valence-electron chi connectivity index (χ3n) is 7.03. The van der Waals surface area contributed by atoms with Crippen molar-refractivity contribution in [3.05, 3.63) is 78.1 Å². The Kier molecular flexibility index (Phi) is 7.72. The van der Waals surface area contributed by atoms with Crippen molar-refractivity contribution >= 4 is 28.5 Å². The molecule has 0 bridgehead atoms. The maximum atomic E-state index is 15.3. The maximum Gasteiger partial charge on any atom is 0.249 e. The fraction of sp³-hybridized carbons (Fsp3) is 0.310. The summed E-state index contributed by atoms with van der Waals surface area (Å²) < 4.78 is 27.6. The van der Waals surface area contributed by atoms with Gasteiger partial charge in [0.15, 0.2) is 11.5 Å².